The summed E-state index contributed by atoms with van der Waals surface area (Å²) >= 11 is 0. The number of hydrogen-bond acceptors (Lipinski definition) is 13. The number of nitrogens with one attached hydrogen (secondary N) is 1. The lowest BCUT2D eigenvalue weighted by molar-refractivity contribution is 0.00215. The summed E-state index contributed by atoms with van der Waals surface area (Å²) < 4.78 is 11.4. The number of aliphatic hydroxyl groups excluding tert-OH is 2. The SMILES string of the molecule is C=C(Cn1cc(CNc2cc(N3CCCC[C@H]3CCO)nc3c(CC)cnn23)ccc1=O)C(O)N1CCC[C@@H](n2nc(-c3ccc(Oc4ccccc4)cc3)c3c(N)ncnc32)C1. The fraction of sp³-hybridized carbons (Fsp3) is 0.362. The molecule has 3 atom stereocenters. The van der Waals surface area contributed by atoms with E-state index in [9.17, 15) is 15.0 Å². The maximum atomic E-state index is 13.2. The van der Waals surface area contributed by atoms with E-state index in [0.717, 1.165) is 84.8 Å². The van der Waals surface area contributed by atoms with Crippen LogP contribution in [0.15, 0.2) is 108 Å². The molecule has 5 N–H and O–H groups in total. The number of likely N-dealkylation sites (tertiary alicyclic amines) is 1. The van der Waals surface area contributed by atoms with E-state index in [0.29, 0.717) is 59.9 Å². The number of fused-ring (bicyclic) bond motifs is 2. The highest BCUT2D eigenvalue weighted by molar-refractivity contribution is 5.98. The van der Waals surface area contributed by atoms with Gasteiger partial charge in [-0.2, -0.15) is 14.7 Å². The summed E-state index contributed by atoms with van der Waals surface area (Å²) in [4.78, 5) is 31.5. The van der Waals surface area contributed by atoms with Crippen molar-refractivity contribution in [3.05, 3.63) is 125 Å². The van der Waals surface area contributed by atoms with Crippen molar-refractivity contribution >= 4 is 34.1 Å². The van der Waals surface area contributed by atoms with Crippen molar-refractivity contribution in [2.24, 2.45) is 0 Å². The van der Waals surface area contributed by atoms with Crippen molar-refractivity contribution in [3.63, 3.8) is 0 Å². The first-order chi connectivity index (χ1) is 30.8. The number of pyridine rings is 1. The van der Waals surface area contributed by atoms with E-state index in [1.807, 2.05) is 93.2 Å². The zero-order valence-electron chi connectivity index (χ0n) is 35.6. The Balaban J connectivity index is 0.893. The first-order valence-corrected chi connectivity index (χ1v) is 21.9. The zero-order chi connectivity index (χ0) is 43.5. The summed E-state index contributed by atoms with van der Waals surface area (Å²) in [5.41, 5.74) is 11.7. The number of nitrogens with two attached hydrogens (primary N) is 1. The lowest BCUT2D eigenvalue weighted by atomic mass is 9.99. The highest BCUT2D eigenvalue weighted by Gasteiger charge is 2.31. The highest BCUT2D eigenvalue weighted by atomic mass is 16.5. The molecule has 0 amide bonds. The number of para-hydroxylation sites is 1. The van der Waals surface area contributed by atoms with Crippen molar-refractivity contribution in [3.8, 4) is 22.8 Å². The van der Waals surface area contributed by atoms with Gasteiger partial charge in [0.25, 0.3) is 5.56 Å². The Morgan fingerprint density at radius 3 is 2.63 bits per heavy atom. The Kier molecular flexibility index (Phi) is 12.2. The van der Waals surface area contributed by atoms with Gasteiger partial charge >= 0.3 is 0 Å². The molecule has 0 saturated carbocycles. The summed E-state index contributed by atoms with van der Waals surface area (Å²) in [7, 11) is 0. The number of aryl methyl sites for hydroxylation is 1. The molecule has 7 heterocycles. The molecule has 0 bridgehead atoms. The molecule has 326 valence electrons. The van der Waals surface area contributed by atoms with Crippen LogP contribution in [0.1, 0.15) is 62.6 Å². The number of nitrogens with zero attached hydrogens (tertiary/aromatic N) is 10. The van der Waals surface area contributed by atoms with E-state index < -0.39 is 6.23 Å². The topological polar surface area (TPSA) is 190 Å². The van der Waals surface area contributed by atoms with Crippen LogP contribution in [0.5, 0.6) is 11.5 Å². The lowest BCUT2D eigenvalue weighted by Crippen LogP contribution is -2.45. The number of ether oxygens (including phenoxy) is 1. The second-order valence-electron chi connectivity index (χ2n) is 16.5. The summed E-state index contributed by atoms with van der Waals surface area (Å²) in [6.07, 6.45) is 10.5. The largest absolute Gasteiger partial charge is 0.457 e. The molecule has 63 heavy (non-hydrogen) atoms. The number of aliphatic hydroxyl groups is 2. The fourth-order valence-corrected chi connectivity index (χ4v) is 8.99. The van der Waals surface area contributed by atoms with E-state index in [2.05, 4.69) is 38.8 Å². The standard InChI is InChI=1S/C47H54N12O4/c1-3-33-26-52-59-39(24-40(53-45(33)59)57-22-8-7-10-35(57)20-23-60)49-25-32-14-19-41(61)56(28-32)27-31(2)47(62)55-21-9-11-36(29-55)58-46-42(44(48)50-30-51-46)43(54-58)34-15-17-38(18-16-34)63-37-12-5-4-6-13-37/h4-6,12-19,24,26,28,30,35-36,47,49,60,62H,2-3,7-11,20-23,25,27,29H2,1H3,(H2,48,50,51)/t35-,36+,47?/m0/s1. The van der Waals surface area contributed by atoms with Crippen LogP contribution in [0.4, 0.5) is 17.5 Å². The van der Waals surface area contributed by atoms with Crippen LogP contribution >= 0.6 is 0 Å². The van der Waals surface area contributed by atoms with Gasteiger partial charge in [0.15, 0.2) is 11.3 Å². The number of hydrogen-bond donors (Lipinski definition) is 4. The number of anilines is 3. The Morgan fingerprint density at radius 2 is 1.83 bits per heavy atom. The first-order valence-electron chi connectivity index (χ1n) is 21.9. The number of nitrogen functional groups attached to an aromatic ring is 1. The van der Waals surface area contributed by atoms with Crippen LogP contribution in [-0.2, 0) is 19.5 Å². The predicted molar refractivity (Wildman–Crippen MR) is 244 cm³/mol. The number of piperidine rings is 2. The Morgan fingerprint density at radius 1 is 1.00 bits per heavy atom. The number of rotatable bonds is 15. The van der Waals surface area contributed by atoms with Crippen LogP contribution in [0.3, 0.4) is 0 Å². The van der Waals surface area contributed by atoms with Crippen molar-refractivity contribution in [2.75, 3.05) is 42.2 Å². The Labute approximate surface area is 365 Å². The lowest BCUT2D eigenvalue weighted by Gasteiger charge is -2.36. The van der Waals surface area contributed by atoms with Gasteiger partial charge in [0, 0.05) is 68.3 Å². The molecule has 1 unspecified atom stereocenters. The van der Waals surface area contributed by atoms with Crippen molar-refractivity contribution in [1.29, 1.82) is 0 Å². The second-order valence-corrected chi connectivity index (χ2v) is 16.5. The molecule has 2 aliphatic rings. The average molecular weight is 851 g/mol. The fourth-order valence-electron chi connectivity index (χ4n) is 8.99. The highest BCUT2D eigenvalue weighted by Crippen LogP contribution is 2.36. The van der Waals surface area contributed by atoms with Gasteiger partial charge in [-0.25, -0.2) is 19.6 Å². The average Bonchev–Trinajstić information content (AvgIpc) is 3.93. The predicted octanol–water partition coefficient (Wildman–Crippen LogP) is 6.20. The van der Waals surface area contributed by atoms with Gasteiger partial charge in [0.2, 0.25) is 0 Å². The molecule has 2 aliphatic heterocycles. The second kappa shape index (κ2) is 18.4. The molecule has 0 aliphatic carbocycles. The van der Waals surface area contributed by atoms with Gasteiger partial charge in [-0.1, -0.05) is 37.8 Å². The third-order valence-corrected chi connectivity index (χ3v) is 12.3. The number of benzene rings is 2. The van der Waals surface area contributed by atoms with E-state index in [1.165, 1.54) is 6.33 Å². The Bertz CT molecular complexity index is 2770. The molecule has 2 aromatic carbocycles. The molecule has 7 aromatic rings. The summed E-state index contributed by atoms with van der Waals surface area (Å²) in [5, 5.41) is 35.5. The van der Waals surface area contributed by atoms with Gasteiger partial charge in [-0.05, 0) is 92.5 Å². The molecule has 2 saturated heterocycles. The van der Waals surface area contributed by atoms with E-state index >= 15 is 0 Å². The van der Waals surface area contributed by atoms with Crippen LogP contribution < -0.4 is 26.2 Å². The van der Waals surface area contributed by atoms with Gasteiger partial charge < -0.3 is 35.5 Å². The molecule has 16 heteroatoms. The van der Waals surface area contributed by atoms with Crippen LogP contribution in [0, 0.1) is 0 Å². The smallest absolute Gasteiger partial charge is 0.250 e. The molecule has 16 nitrogen and oxygen atoms in total. The van der Waals surface area contributed by atoms with E-state index in [1.54, 1.807) is 10.6 Å². The van der Waals surface area contributed by atoms with Gasteiger partial charge in [0.05, 0.1) is 24.2 Å². The van der Waals surface area contributed by atoms with Crippen molar-refractivity contribution < 1.29 is 14.9 Å². The molecule has 5 aromatic heterocycles. The minimum Gasteiger partial charge on any atom is -0.457 e. The van der Waals surface area contributed by atoms with Crippen molar-refractivity contribution in [1.82, 2.24) is 43.8 Å². The maximum absolute atomic E-state index is 13.2. The summed E-state index contributed by atoms with van der Waals surface area (Å²) in [5.74, 6) is 3.44. The third kappa shape index (κ3) is 8.74. The van der Waals surface area contributed by atoms with Gasteiger partial charge in [-0.15, -0.1) is 0 Å². The molecule has 9 rings (SSSR count). The number of aromatic nitrogens is 8. The minimum atomic E-state index is -1.000. The minimum absolute atomic E-state index is 0.122. The summed E-state index contributed by atoms with van der Waals surface area (Å²) in [6, 6.07) is 22.8. The zero-order valence-corrected chi connectivity index (χ0v) is 35.6. The van der Waals surface area contributed by atoms with Crippen LogP contribution in [0.25, 0.3) is 27.9 Å². The molecular formula is C47H54N12O4. The quantitative estimate of drug-likeness (QED) is 0.0855. The summed E-state index contributed by atoms with van der Waals surface area (Å²) in [6.45, 7) is 9.08. The normalized spacial score (nSPS) is 17.6. The Hall–Kier alpha value is -6.62. The van der Waals surface area contributed by atoms with E-state index in [4.69, 9.17) is 20.6 Å². The molecule has 0 spiro atoms. The molecule has 2 fully saturated rings. The maximum Gasteiger partial charge on any atom is 0.250 e. The first kappa shape index (κ1) is 41.7. The monoisotopic (exact) mass is 850 g/mol. The molecule has 0 radical (unpaired) electrons. The van der Waals surface area contributed by atoms with Crippen LogP contribution in [0.2, 0.25) is 0 Å². The van der Waals surface area contributed by atoms with E-state index in [-0.39, 0.29) is 30.8 Å². The third-order valence-electron chi connectivity index (χ3n) is 12.3. The van der Waals surface area contributed by atoms with Crippen LogP contribution in [-0.4, -0.2) is 92.5 Å². The van der Waals surface area contributed by atoms with Crippen molar-refractivity contribution in [2.45, 2.75) is 83.3 Å². The van der Waals surface area contributed by atoms with Gasteiger partial charge in [0.1, 0.15) is 47.2 Å². The molecular weight excluding hydrogens is 797 g/mol. The van der Waals surface area contributed by atoms with Gasteiger partial charge in [-0.3, -0.25) is 9.69 Å².